The number of hydrogen-bond donors (Lipinski definition) is 4. The zero-order valence-corrected chi connectivity index (χ0v) is 8.85. The first-order valence-corrected chi connectivity index (χ1v) is 5.28. The predicted octanol–water partition coefficient (Wildman–Crippen LogP) is 0.452. The molecule has 6 heteroatoms. The number of rotatable bonds is 1. The van der Waals surface area contributed by atoms with Crippen LogP contribution in [-0.4, -0.2) is 17.2 Å². The first-order chi connectivity index (χ1) is 6.61. The fourth-order valence-electron chi connectivity index (χ4n) is 1.43. The first kappa shape index (κ1) is 9.85. The van der Waals surface area contributed by atoms with E-state index < -0.39 is 7.12 Å². The molecule has 0 saturated carbocycles. The maximum atomic E-state index is 9.19. The highest BCUT2D eigenvalue weighted by Crippen LogP contribution is 2.28. The van der Waals surface area contributed by atoms with E-state index in [4.69, 9.17) is 5.73 Å². The number of thiol groups is 1. The summed E-state index contributed by atoms with van der Waals surface area (Å²) in [6.45, 7) is 0. The zero-order valence-electron chi connectivity index (χ0n) is 7.14. The highest BCUT2D eigenvalue weighted by atomic mass is 32.1. The van der Waals surface area contributed by atoms with E-state index in [0.717, 1.165) is 15.0 Å². The van der Waals surface area contributed by atoms with Crippen LogP contribution in [0.5, 0.6) is 0 Å². The summed E-state index contributed by atoms with van der Waals surface area (Å²) in [7, 11) is -1.56. The summed E-state index contributed by atoms with van der Waals surface area (Å²) >= 11 is 5.75. The van der Waals surface area contributed by atoms with Crippen molar-refractivity contribution in [2.45, 2.75) is 4.90 Å². The Morgan fingerprint density at radius 2 is 2.07 bits per heavy atom. The van der Waals surface area contributed by atoms with Gasteiger partial charge < -0.3 is 15.8 Å². The van der Waals surface area contributed by atoms with Crippen molar-refractivity contribution in [3.05, 3.63) is 17.5 Å². The average Bonchev–Trinajstić information content (AvgIpc) is 2.47. The average molecular weight is 225 g/mol. The van der Waals surface area contributed by atoms with E-state index in [1.165, 1.54) is 11.3 Å². The zero-order chi connectivity index (χ0) is 10.3. The molecule has 2 aromatic rings. The van der Waals surface area contributed by atoms with Gasteiger partial charge in [0.05, 0.1) is 0 Å². The molecule has 0 aliphatic heterocycles. The van der Waals surface area contributed by atoms with Crippen molar-refractivity contribution in [3.63, 3.8) is 0 Å². The second kappa shape index (κ2) is 3.47. The minimum atomic E-state index is -1.56. The van der Waals surface area contributed by atoms with E-state index in [9.17, 15) is 10.0 Å². The summed E-state index contributed by atoms with van der Waals surface area (Å²) in [4.78, 5) is 0.723. The second-order valence-corrected chi connectivity index (χ2v) is 4.33. The molecule has 1 aromatic heterocycles. The number of benzene rings is 1. The summed E-state index contributed by atoms with van der Waals surface area (Å²) in [5, 5.41) is 21.0. The lowest BCUT2D eigenvalue weighted by Gasteiger charge is -2.06. The molecule has 0 radical (unpaired) electrons. The largest absolute Gasteiger partial charge is 0.491 e. The lowest BCUT2D eigenvalue weighted by molar-refractivity contribution is 0.426. The van der Waals surface area contributed by atoms with Gasteiger partial charge in [-0.05, 0) is 12.1 Å². The van der Waals surface area contributed by atoms with Crippen LogP contribution in [0, 0.1) is 0 Å². The van der Waals surface area contributed by atoms with Crippen molar-refractivity contribution >= 4 is 52.3 Å². The lowest BCUT2D eigenvalue weighted by atomic mass is 9.77. The van der Waals surface area contributed by atoms with Gasteiger partial charge >= 0.3 is 7.12 Å². The van der Waals surface area contributed by atoms with Crippen LogP contribution in [0.4, 0.5) is 5.69 Å². The molecule has 0 bridgehead atoms. The molecule has 0 spiro atoms. The molecule has 72 valence electrons. The van der Waals surface area contributed by atoms with E-state index in [1.54, 1.807) is 6.07 Å². The standard InChI is InChI=1S/C8H8BNO2S2/c10-4-1-2-6-7(5(13)3-14-6)8(4)9(11)12/h1-3,11-13H,10H2. The van der Waals surface area contributed by atoms with Gasteiger partial charge in [0.1, 0.15) is 0 Å². The molecule has 1 aromatic carbocycles. The van der Waals surface area contributed by atoms with E-state index in [1.807, 2.05) is 11.4 Å². The molecule has 0 atom stereocenters. The molecular formula is C8H8BNO2S2. The first-order valence-electron chi connectivity index (χ1n) is 3.96. The van der Waals surface area contributed by atoms with Crippen LogP contribution in [0.3, 0.4) is 0 Å². The van der Waals surface area contributed by atoms with Gasteiger partial charge in [-0.25, -0.2) is 0 Å². The molecule has 0 aliphatic rings. The van der Waals surface area contributed by atoms with E-state index >= 15 is 0 Å². The van der Waals surface area contributed by atoms with Crippen LogP contribution in [-0.2, 0) is 0 Å². The van der Waals surface area contributed by atoms with Crippen LogP contribution in [0.25, 0.3) is 10.1 Å². The van der Waals surface area contributed by atoms with Crippen molar-refractivity contribution in [2.24, 2.45) is 0 Å². The van der Waals surface area contributed by atoms with Gasteiger partial charge in [-0.3, -0.25) is 0 Å². The summed E-state index contributed by atoms with van der Waals surface area (Å²) in [5.74, 6) is 0. The van der Waals surface area contributed by atoms with E-state index in [2.05, 4.69) is 12.6 Å². The SMILES string of the molecule is Nc1ccc2scc(S)c2c1B(O)O. The Morgan fingerprint density at radius 1 is 1.36 bits per heavy atom. The van der Waals surface area contributed by atoms with Crippen molar-refractivity contribution in [1.82, 2.24) is 0 Å². The lowest BCUT2D eigenvalue weighted by Crippen LogP contribution is -2.32. The topological polar surface area (TPSA) is 66.5 Å². The quantitative estimate of drug-likeness (QED) is 0.323. The monoisotopic (exact) mass is 225 g/mol. The van der Waals surface area contributed by atoms with Gasteiger partial charge in [0.2, 0.25) is 0 Å². The van der Waals surface area contributed by atoms with E-state index in [0.29, 0.717) is 11.2 Å². The summed E-state index contributed by atoms with van der Waals surface area (Å²) in [6.07, 6.45) is 0. The summed E-state index contributed by atoms with van der Waals surface area (Å²) in [5.41, 5.74) is 6.38. The molecule has 3 nitrogen and oxygen atoms in total. The molecule has 0 unspecified atom stereocenters. The van der Waals surface area contributed by atoms with Gasteiger partial charge in [0.25, 0.3) is 0 Å². The number of hydrogen-bond acceptors (Lipinski definition) is 5. The Balaban J connectivity index is 2.87. The third-order valence-electron chi connectivity index (χ3n) is 2.05. The van der Waals surface area contributed by atoms with Gasteiger partial charge in [-0.1, -0.05) is 0 Å². The van der Waals surface area contributed by atoms with Crippen LogP contribution in [0.15, 0.2) is 22.4 Å². The van der Waals surface area contributed by atoms with Gasteiger partial charge in [-0.15, -0.1) is 24.0 Å². The van der Waals surface area contributed by atoms with Crippen molar-refractivity contribution in [2.75, 3.05) is 5.73 Å². The van der Waals surface area contributed by atoms with Crippen LogP contribution >= 0.6 is 24.0 Å². The number of nitrogens with two attached hydrogens (primary N) is 1. The molecule has 0 saturated heterocycles. The minimum Gasteiger partial charge on any atom is -0.423 e. The fraction of sp³-hybridized carbons (Fsp3) is 0. The molecule has 1 heterocycles. The van der Waals surface area contributed by atoms with Gasteiger partial charge in [0.15, 0.2) is 0 Å². The molecule has 4 N–H and O–H groups in total. The second-order valence-electron chi connectivity index (χ2n) is 2.94. The third-order valence-corrected chi connectivity index (χ3v) is 3.53. The Hall–Kier alpha value is -0.685. The minimum absolute atomic E-state index is 0.341. The Morgan fingerprint density at radius 3 is 2.71 bits per heavy atom. The number of anilines is 1. The molecule has 0 fully saturated rings. The maximum Gasteiger partial charge on any atom is 0.491 e. The van der Waals surface area contributed by atoms with E-state index in [-0.39, 0.29) is 0 Å². The molecule has 0 aliphatic carbocycles. The molecule has 0 amide bonds. The van der Waals surface area contributed by atoms with Crippen molar-refractivity contribution < 1.29 is 10.0 Å². The predicted molar refractivity (Wildman–Crippen MR) is 63.3 cm³/mol. The van der Waals surface area contributed by atoms with Crippen LogP contribution < -0.4 is 11.2 Å². The molecule has 14 heavy (non-hydrogen) atoms. The summed E-state index contributed by atoms with van der Waals surface area (Å²) < 4.78 is 0.951. The number of thiophene rings is 1. The Kier molecular flexibility index (Phi) is 2.44. The van der Waals surface area contributed by atoms with Crippen LogP contribution in [0.1, 0.15) is 0 Å². The smallest absolute Gasteiger partial charge is 0.423 e. The normalized spacial score (nSPS) is 10.8. The molecular weight excluding hydrogens is 217 g/mol. The molecule has 2 rings (SSSR count). The van der Waals surface area contributed by atoms with Gasteiger partial charge in [0, 0.05) is 31.5 Å². The number of nitrogen functional groups attached to an aromatic ring is 1. The highest BCUT2D eigenvalue weighted by Gasteiger charge is 2.20. The van der Waals surface area contributed by atoms with Crippen molar-refractivity contribution in [1.29, 1.82) is 0 Å². The number of fused-ring (bicyclic) bond motifs is 1. The van der Waals surface area contributed by atoms with Gasteiger partial charge in [-0.2, -0.15) is 0 Å². The fourth-order valence-corrected chi connectivity index (χ4v) is 2.75. The van der Waals surface area contributed by atoms with Crippen molar-refractivity contribution in [3.8, 4) is 0 Å². The maximum absolute atomic E-state index is 9.19. The highest BCUT2D eigenvalue weighted by molar-refractivity contribution is 7.80. The Bertz CT molecular complexity index is 483. The summed E-state index contributed by atoms with van der Waals surface area (Å²) in [6, 6.07) is 3.52. The third kappa shape index (κ3) is 1.40. The Labute approximate surface area is 90.7 Å². The van der Waals surface area contributed by atoms with Crippen LogP contribution in [0.2, 0.25) is 0 Å².